The minimum Gasteiger partial charge on any atom is -0.304 e. The maximum absolute atomic E-state index is 4.62. The van der Waals surface area contributed by atoms with Gasteiger partial charge in [0.2, 0.25) is 0 Å². The maximum Gasteiger partial charge on any atom is 0.0935 e. The summed E-state index contributed by atoms with van der Waals surface area (Å²) in [7, 11) is 1.92. The third-order valence-electron chi connectivity index (χ3n) is 3.27. The molecule has 0 aliphatic rings. The van der Waals surface area contributed by atoms with Gasteiger partial charge in [0.15, 0.2) is 0 Å². The van der Waals surface area contributed by atoms with E-state index in [0.717, 1.165) is 30.9 Å². The summed E-state index contributed by atoms with van der Waals surface area (Å²) < 4.78 is 3.87. The van der Waals surface area contributed by atoms with Crippen LogP contribution in [0.15, 0.2) is 12.3 Å². The number of hydrogen-bond donors (Lipinski definition) is 1. The van der Waals surface area contributed by atoms with E-state index in [1.54, 1.807) is 0 Å². The van der Waals surface area contributed by atoms with Gasteiger partial charge in [-0.15, -0.1) is 5.10 Å². The molecule has 2 heterocycles. The largest absolute Gasteiger partial charge is 0.304 e. The van der Waals surface area contributed by atoms with Crippen molar-refractivity contribution in [3.8, 4) is 0 Å². The number of nitrogens with zero attached hydrogens (tertiary/aromatic N) is 5. The van der Waals surface area contributed by atoms with E-state index >= 15 is 0 Å². The highest BCUT2D eigenvalue weighted by atomic mass is 15.4. The van der Waals surface area contributed by atoms with E-state index < -0.39 is 0 Å². The third-order valence-corrected chi connectivity index (χ3v) is 3.27. The summed E-state index contributed by atoms with van der Waals surface area (Å²) >= 11 is 0. The van der Waals surface area contributed by atoms with Crippen molar-refractivity contribution in [2.24, 2.45) is 7.05 Å². The first kappa shape index (κ1) is 13.7. The Labute approximate surface area is 113 Å². The van der Waals surface area contributed by atoms with Crippen LogP contribution < -0.4 is 5.32 Å². The minimum absolute atomic E-state index is 0.0812. The summed E-state index contributed by atoms with van der Waals surface area (Å²) in [5.74, 6) is 0. The standard InChI is InChI=1S/C13H22N6/c1-5-10-8-11(19(7-3)16-10)13(14-6-2)12-9-15-17-18(12)4/h8-9,13-14H,5-7H2,1-4H3. The summed E-state index contributed by atoms with van der Waals surface area (Å²) in [5, 5.41) is 16.1. The molecule has 0 aromatic carbocycles. The van der Waals surface area contributed by atoms with Gasteiger partial charge in [-0.2, -0.15) is 5.10 Å². The Morgan fingerprint density at radius 3 is 2.58 bits per heavy atom. The van der Waals surface area contributed by atoms with E-state index in [-0.39, 0.29) is 6.04 Å². The third kappa shape index (κ3) is 2.68. The van der Waals surface area contributed by atoms with Crippen molar-refractivity contribution in [1.29, 1.82) is 0 Å². The fourth-order valence-electron chi connectivity index (χ4n) is 2.27. The Hall–Kier alpha value is -1.69. The van der Waals surface area contributed by atoms with E-state index in [4.69, 9.17) is 0 Å². The smallest absolute Gasteiger partial charge is 0.0935 e. The molecule has 0 radical (unpaired) electrons. The van der Waals surface area contributed by atoms with E-state index in [1.165, 1.54) is 5.69 Å². The van der Waals surface area contributed by atoms with Crippen molar-refractivity contribution in [2.75, 3.05) is 6.54 Å². The van der Waals surface area contributed by atoms with Crippen molar-refractivity contribution in [2.45, 2.75) is 39.8 Å². The number of aryl methyl sites for hydroxylation is 3. The molecule has 104 valence electrons. The van der Waals surface area contributed by atoms with Gasteiger partial charge in [0.1, 0.15) is 0 Å². The van der Waals surface area contributed by atoms with Gasteiger partial charge >= 0.3 is 0 Å². The zero-order valence-electron chi connectivity index (χ0n) is 12.1. The lowest BCUT2D eigenvalue weighted by Gasteiger charge is -2.18. The Morgan fingerprint density at radius 2 is 2.05 bits per heavy atom. The van der Waals surface area contributed by atoms with E-state index in [1.807, 2.05) is 17.9 Å². The molecule has 1 atom stereocenters. The Kier molecular flexibility index (Phi) is 4.31. The highest BCUT2D eigenvalue weighted by molar-refractivity contribution is 5.23. The highest BCUT2D eigenvalue weighted by Gasteiger charge is 2.21. The van der Waals surface area contributed by atoms with Crippen LogP contribution in [0.2, 0.25) is 0 Å². The molecule has 0 aliphatic heterocycles. The fraction of sp³-hybridized carbons (Fsp3) is 0.615. The van der Waals surface area contributed by atoms with Crippen molar-refractivity contribution in [3.05, 3.63) is 29.3 Å². The first-order chi connectivity index (χ1) is 9.21. The maximum atomic E-state index is 4.62. The van der Waals surface area contributed by atoms with Gasteiger partial charge in [-0.3, -0.25) is 9.36 Å². The first-order valence-electron chi connectivity index (χ1n) is 6.85. The van der Waals surface area contributed by atoms with Crippen LogP contribution in [0, 0.1) is 0 Å². The number of nitrogens with one attached hydrogen (secondary N) is 1. The Bertz CT molecular complexity index is 527. The Morgan fingerprint density at radius 1 is 1.26 bits per heavy atom. The monoisotopic (exact) mass is 262 g/mol. The minimum atomic E-state index is 0.0812. The molecule has 2 aromatic heterocycles. The average Bonchev–Trinajstić information content (AvgIpc) is 3.02. The summed E-state index contributed by atoms with van der Waals surface area (Å²) in [6.45, 7) is 8.08. The van der Waals surface area contributed by atoms with Crippen molar-refractivity contribution < 1.29 is 0 Å². The molecule has 6 heteroatoms. The van der Waals surface area contributed by atoms with Crippen LogP contribution in [0.3, 0.4) is 0 Å². The predicted molar refractivity (Wildman–Crippen MR) is 73.8 cm³/mol. The second-order valence-electron chi connectivity index (χ2n) is 4.50. The lowest BCUT2D eigenvalue weighted by molar-refractivity contribution is 0.512. The molecule has 2 aromatic rings. The molecule has 0 spiro atoms. The molecule has 0 bridgehead atoms. The van der Waals surface area contributed by atoms with E-state index in [2.05, 4.69) is 52.2 Å². The molecule has 6 nitrogen and oxygen atoms in total. The van der Waals surface area contributed by atoms with Crippen LogP contribution in [-0.2, 0) is 20.0 Å². The molecular weight excluding hydrogens is 240 g/mol. The molecule has 0 amide bonds. The molecule has 0 saturated heterocycles. The van der Waals surface area contributed by atoms with E-state index in [0.29, 0.717) is 0 Å². The lowest BCUT2D eigenvalue weighted by atomic mass is 10.1. The van der Waals surface area contributed by atoms with Gasteiger partial charge in [-0.25, -0.2) is 0 Å². The van der Waals surface area contributed by atoms with Crippen molar-refractivity contribution in [3.63, 3.8) is 0 Å². The average molecular weight is 262 g/mol. The molecule has 0 saturated carbocycles. The zero-order chi connectivity index (χ0) is 13.8. The van der Waals surface area contributed by atoms with Gasteiger partial charge < -0.3 is 5.32 Å². The highest BCUT2D eigenvalue weighted by Crippen LogP contribution is 2.22. The van der Waals surface area contributed by atoms with Crippen LogP contribution in [0.25, 0.3) is 0 Å². The molecule has 1 unspecified atom stereocenters. The Balaban J connectivity index is 2.44. The van der Waals surface area contributed by atoms with Crippen LogP contribution in [0.1, 0.15) is 43.9 Å². The van der Waals surface area contributed by atoms with Crippen LogP contribution in [0.5, 0.6) is 0 Å². The number of aromatic nitrogens is 5. The van der Waals surface area contributed by atoms with Crippen LogP contribution in [0.4, 0.5) is 0 Å². The van der Waals surface area contributed by atoms with Gasteiger partial charge in [0, 0.05) is 13.6 Å². The number of hydrogen-bond acceptors (Lipinski definition) is 4. The summed E-state index contributed by atoms with van der Waals surface area (Å²) in [6, 6.07) is 2.25. The molecule has 19 heavy (non-hydrogen) atoms. The van der Waals surface area contributed by atoms with Gasteiger partial charge in [-0.1, -0.05) is 19.1 Å². The van der Waals surface area contributed by atoms with Gasteiger partial charge in [-0.05, 0) is 26.0 Å². The van der Waals surface area contributed by atoms with Crippen LogP contribution >= 0.6 is 0 Å². The van der Waals surface area contributed by atoms with Crippen molar-refractivity contribution in [1.82, 2.24) is 30.1 Å². The lowest BCUT2D eigenvalue weighted by Crippen LogP contribution is -2.26. The number of rotatable bonds is 6. The van der Waals surface area contributed by atoms with Gasteiger partial charge in [0.25, 0.3) is 0 Å². The van der Waals surface area contributed by atoms with Gasteiger partial charge in [0.05, 0.1) is 29.3 Å². The molecule has 0 fully saturated rings. The van der Waals surface area contributed by atoms with E-state index in [9.17, 15) is 0 Å². The topological polar surface area (TPSA) is 60.6 Å². The quantitative estimate of drug-likeness (QED) is 0.852. The zero-order valence-corrected chi connectivity index (χ0v) is 12.1. The molecular formula is C13H22N6. The first-order valence-corrected chi connectivity index (χ1v) is 6.85. The fourth-order valence-corrected chi connectivity index (χ4v) is 2.27. The predicted octanol–water partition coefficient (Wildman–Crippen LogP) is 1.29. The van der Waals surface area contributed by atoms with Crippen LogP contribution in [-0.4, -0.2) is 31.3 Å². The second-order valence-corrected chi connectivity index (χ2v) is 4.50. The summed E-state index contributed by atoms with van der Waals surface area (Å²) in [5.41, 5.74) is 3.35. The molecule has 2 rings (SSSR count). The second kappa shape index (κ2) is 5.97. The normalized spacial score (nSPS) is 12.8. The molecule has 0 aliphatic carbocycles. The van der Waals surface area contributed by atoms with Crippen molar-refractivity contribution >= 4 is 0 Å². The summed E-state index contributed by atoms with van der Waals surface area (Å²) in [6.07, 6.45) is 2.76. The SMILES string of the molecule is CCNC(c1cnnn1C)c1cc(CC)nn1CC. The summed E-state index contributed by atoms with van der Waals surface area (Å²) in [4.78, 5) is 0. The molecule has 1 N–H and O–H groups in total.